The fourth-order valence-corrected chi connectivity index (χ4v) is 3.86. The highest BCUT2D eigenvalue weighted by Crippen LogP contribution is 2.35. The summed E-state index contributed by atoms with van der Waals surface area (Å²) in [7, 11) is -2.62. The summed E-state index contributed by atoms with van der Waals surface area (Å²) in [5.41, 5.74) is -0.0215. The molecule has 3 aromatic rings. The van der Waals surface area contributed by atoms with Crippen molar-refractivity contribution in [1.29, 1.82) is 0 Å². The Labute approximate surface area is 175 Å². The first kappa shape index (κ1) is 22.1. The van der Waals surface area contributed by atoms with E-state index < -0.39 is 31.7 Å². The molecule has 0 bridgehead atoms. The van der Waals surface area contributed by atoms with Crippen LogP contribution in [0.1, 0.15) is 11.3 Å². The molecule has 1 aromatic heterocycles. The molecule has 160 valence electrons. The molecule has 0 aliphatic carbocycles. The van der Waals surface area contributed by atoms with Gasteiger partial charge in [0.05, 0.1) is 28.3 Å². The summed E-state index contributed by atoms with van der Waals surface area (Å²) < 4.78 is 76.2. The molecule has 6 nitrogen and oxygen atoms in total. The van der Waals surface area contributed by atoms with Crippen molar-refractivity contribution in [1.82, 2.24) is 9.71 Å². The number of rotatable bonds is 7. The Morgan fingerprint density at radius 2 is 1.87 bits per heavy atom. The molecule has 0 saturated carbocycles. The van der Waals surface area contributed by atoms with Crippen LogP contribution < -0.4 is 9.46 Å². The predicted octanol–water partition coefficient (Wildman–Crippen LogP) is 4.54. The number of hydrogen-bond donors (Lipinski definition) is 1. The molecule has 0 aliphatic rings. The van der Waals surface area contributed by atoms with Gasteiger partial charge in [-0.25, -0.2) is 18.1 Å². The molecule has 1 N–H and O–H groups in total. The average molecular weight is 461 g/mol. The molecule has 0 saturated heterocycles. The van der Waals surface area contributed by atoms with Gasteiger partial charge in [0, 0.05) is 18.5 Å². The molecule has 0 amide bonds. The second-order valence-electron chi connectivity index (χ2n) is 6.16. The number of aromatic nitrogens is 1. The lowest BCUT2D eigenvalue weighted by atomic mass is 10.2. The Hall–Kier alpha value is -2.56. The highest BCUT2D eigenvalue weighted by Gasteiger charge is 2.34. The highest BCUT2D eigenvalue weighted by molar-refractivity contribution is 7.89. The lowest BCUT2D eigenvalue weighted by Gasteiger charge is -2.11. The van der Waals surface area contributed by atoms with Crippen molar-refractivity contribution in [2.75, 3.05) is 13.7 Å². The van der Waals surface area contributed by atoms with Gasteiger partial charge < -0.3 is 9.15 Å². The van der Waals surface area contributed by atoms with E-state index in [0.29, 0.717) is 29.0 Å². The number of benzene rings is 2. The number of methoxy groups -OCH3 is 1. The van der Waals surface area contributed by atoms with Crippen LogP contribution in [0.25, 0.3) is 11.5 Å². The Morgan fingerprint density at radius 1 is 1.17 bits per heavy atom. The van der Waals surface area contributed by atoms with Crippen molar-refractivity contribution in [2.45, 2.75) is 17.5 Å². The Morgan fingerprint density at radius 3 is 2.50 bits per heavy atom. The number of alkyl halides is 3. The molecule has 0 fully saturated rings. The first-order valence-corrected chi connectivity index (χ1v) is 10.4. The van der Waals surface area contributed by atoms with E-state index in [1.807, 2.05) is 0 Å². The monoisotopic (exact) mass is 460 g/mol. The van der Waals surface area contributed by atoms with Crippen LogP contribution in [0, 0.1) is 0 Å². The molecule has 0 atom stereocenters. The van der Waals surface area contributed by atoms with Crippen LogP contribution in [-0.4, -0.2) is 27.1 Å². The zero-order valence-corrected chi connectivity index (χ0v) is 17.1. The molecule has 0 radical (unpaired) electrons. The van der Waals surface area contributed by atoms with Gasteiger partial charge in [-0.15, -0.1) is 0 Å². The maximum atomic E-state index is 12.9. The Balaban J connectivity index is 1.65. The number of oxazole rings is 1. The summed E-state index contributed by atoms with van der Waals surface area (Å²) >= 11 is 5.52. The number of halogens is 4. The molecule has 30 heavy (non-hydrogen) atoms. The first-order chi connectivity index (χ1) is 14.1. The van der Waals surface area contributed by atoms with Gasteiger partial charge in [0.25, 0.3) is 0 Å². The molecule has 0 unspecified atom stereocenters. The molecule has 0 aliphatic heterocycles. The van der Waals surface area contributed by atoms with Gasteiger partial charge >= 0.3 is 6.18 Å². The Kier molecular flexibility index (Phi) is 6.39. The van der Waals surface area contributed by atoms with Crippen molar-refractivity contribution in [2.24, 2.45) is 0 Å². The van der Waals surface area contributed by atoms with Crippen LogP contribution in [0.3, 0.4) is 0 Å². The first-order valence-electron chi connectivity index (χ1n) is 8.55. The highest BCUT2D eigenvalue weighted by atomic mass is 35.5. The average Bonchev–Trinajstić information content (AvgIpc) is 3.16. The maximum Gasteiger partial charge on any atom is 0.417 e. The third-order valence-corrected chi connectivity index (χ3v) is 5.90. The van der Waals surface area contributed by atoms with Crippen molar-refractivity contribution < 1.29 is 30.7 Å². The minimum Gasteiger partial charge on any atom is -0.497 e. The zero-order chi connectivity index (χ0) is 21.9. The zero-order valence-electron chi connectivity index (χ0n) is 15.5. The second-order valence-corrected chi connectivity index (χ2v) is 8.33. The fourth-order valence-electron chi connectivity index (χ4n) is 2.57. The van der Waals surface area contributed by atoms with Crippen molar-refractivity contribution >= 4 is 21.6 Å². The van der Waals surface area contributed by atoms with Gasteiger partial charge in [-0.05, 0) is 42.5 Å². The van der Waals surface area contributed by atoms with E-state index in [9.17, 15) is 21.6 Å². The summed E-state index contributed by atoms with van der Waals surface area (Å²) in [6, 6.07) is 9.42. The van der Waals surface area contributed by atoms with Gasteiger partial charge in [-0.1, -0.05) is 11.6 Å². The molecule has 11 heteroatoms. The van der Waals surface area contributed by atoms with Gasteiger partial charge in [0.1, 0.15) is 12.0 Å². The van der Waals surface area contributed by atoms with Crippen molar-refractivity contribution in [3.05, 3.63) is 65.0 Å². The quantitative estimate of drug-likeness (QED) is 0.559. The van der Waals surface area contributed by atoms with Crippen LogP contribution in [-0.2, 0) is 22.6 Å². The minimum atomic E-state index is -4.76. The lowest BCUT2D eigenvalue weighted by Crippen LogP contribution is -2.26. The van der Waals surface area contributed by atoms with Crippen LogP contribution in [0.4, 0.5) is 13.2 Å². The number of ether oxygens (including phenoxy) is 1. The summed E-state index contributed by atoms with van der Waals surface area (Å²) in [6.45, 7) is -0.0824. The summed E-state index contributed by atoms with van der Waals surface area (Å²) in [5, 5.41) is -0.574. The fraction of sp³-hybridized carbons (Fsp3) is 0.211. The molecular weight excluding hydrogens is 445 g/mol. The van der Waals surface area contributed by atoms with Gasteiger partial charge in [0.2, 0.25) is 15.9 Å². The molecule has 1 heterocycles. The van der Waals surface area contributed by atoms with E-state index in [-0.39, 0.29) is 13.0 Å². The largest absolute Gasteiger partial charge is 0.497 e. The summed E-state index contributed by atoms with van der Waals surface area (Å²) in [4.78, 5) is 3.75. The van der Waals surface area contributed by atoms with Gasteiger partial charge in [-0.3, -0.25) is 0 Å². The van der Waals surface area contributed by atoms with E-state index in [2.05, 4.69) is 9.71 Å². The molecule has 0 spiro atoms. The smallest absolute Gasteiger partial charge is 0.417 e. The predicted molar refractivity (Wildman–Crippen MR) is 104 cm³/mol. The van der Waals surface area contributed by atoms with Crippen molar-refractivity contribution in [3.63, 3.8) is 0 Å². The van der Waals surface area contributed by atoms with Gasteiger partial charge in [-0.2, -0.15) is 13.2 Å². The standard InChI is InChI=1S/C19H16ClF3N2O4S/c1-28-14-4-2-12(3-5-14)18-25-13(11-29-18)8-9-24-30(26,27)15-6-7-17(20)16(10-15)19(21,22)23/h2-7,10-11,24H,8-9H2,1H3. The number of hydrogen-bond acceptors (Lipinski definition) is 5. The van der Waals surface area contributed by atoms with Crippen LogP contribution in [0.15, 0.2) is 58.0 Å². The van der Waals surface area contributed by atoms with Crippen LogP contribution in [0.2, 0.25) is 5.02 Å². The van der Waals surface area contributed by atoms with E-state index >= 15 is 0 Å². The van der Waals surface area contributed by atoms with Crippen LogP contribution >= 0.6 is 11.6 Å². The lowest BCUT2D eigenvalue weighted by molar-refractivity contribution is -0.137. The molecular formula is C19H16ClF3N2O4S. The second kappa shape index (κ2) is 8.66. The molecule has 2 aromatic carbocycles. The third kappa shape index (κ3) is 5.13. The topological polar surface area (TPSA) is 81.4 Å². The van der Waals surface area contributed by atoms with Crippen molar-refractivity contribution in [3.8, 4) is 17.2 Å². The maximum absolute atomic E-state index is 12.9. The third-order valence-electron chi connectivity index (χ3n) is 4.12. The normalized spacial score (nSPS) is 12.2. The summed E-state index contributed by atoms with van der Waals surface area (Å²) in [5.74, 6) is 1.03. The SMILES string of the molecule is COc1ccc(-c2nc(CCNS(=O)(=O)c3ccc(Cl)c(C(F)(F)F)c3)co2)cc1. The molecule has 3 rings (SSSR count). The van der Waals surface area contributed by atoms with E-state index in [1.54, 1.807) is 31.4 Å². The van der Waals surface area contributed by atoms with E-state index in [0.717, 1.165) is 12.1 Å². The van der Waals surface area contributed by atoms with Gasteiger partial charge in [0.15, 0.2) is 0 Å². The number of sulfonamides is 1. The van der Waals surface area contributed by atoms with E-state index in [4.69, 9.17) is 20.8 Å². The minimum absolute atomic E-state index is 0.0824. The summed E-state index contributed by atoms with van der Waals surface area (Å²) in [6.07, 6.45) is -3.20. The number of nitrogens with one attached hydrogen (secondary N) is 1. The van der Waals surface area contributed by atoms with Crippen LogP contribution in [0.5, 0.6) is 5.75 Å². The Bertz CT molecular complexity index is 1130. The van der Waals surface area contributed by atoms with E-state index in [1.165, 1.54) is 6.26 Å². The number of nitrogens with zero attached hydrogens (tertiary/aromatic N) is 1.